The van der Waals surface area contributed by atoms with Crippen LogP contribution in [-0.4, -0.2) is 10.9 Å². The van der Waals surface area contributed by atoms with Crippen molar-refractivity contribution in [1.82, 2.24) is 4.98 Å². The van der Waals surface area contributed by atoms with E-state index in [1.807, 2.05) is 30.3 Å². The molecule has 0 bridgehead atoms. The molecule has 3 aromatic rings. The molecule has 0 unspecified atom stereocenters. The summed E-state index contributed by atoms with van der Waals surface area (Å²) in [4.78, 5) is 16.3. The Balaban J connectivity index is 1.87. The van der Waals surface area contributed by atoms with Crippen molar-refractivity contribution in [3.63, 3.8) is 0 Å². The van der Waals surface area contributed by atoms with Gasteiger partial charge in [0, 0.05) is 10.9 Å². The van der Waals surface area contributed by atoms with Crippen LogP contribution in [0, 0.1) is 5.82 Å². The van der Waals surface area contributed by atoms with Gasteiger partial charge in [0.1, 0.15) is 5.82 Å². The van der Waals surface area contributed by atoms with E-state index in [4.69, 9.17) is 5.73 Å². The van der Waals surface area contributed by atoms with Crippen LogP contribution in [0.5, 0.6) is 0 Å². The number of fused-ring (bicyclic) bond motifs is 1. The number of pyridine rings is 1. The van der Waals surface area contributed by atoms with Gasteiger partial charge in [-0.1, -0.05) is 18.2 Å². The Labute approximate surface area is 120 Å². The number of hydrogen-bond acceptors (Lipinski definition) is 3. The van der Waals surface area contributed by atoms with Gasteiger partial charge in [-0.25, -0.2) is 4.39 Å². The monoisotopic (exact) mass is 281 g/mol. The van der Waals surface area contributed by atoms with Crippen LogP contribution in [0.3, 0.4) is 0 Å². The first kappa shape index (κ1) is 13.1. The van der Waals surface area contributed by atoms with Crippen LogP contribution in [0.4, 0.5) is 15.8 Å². The standard InChI is InChI=1S/C16H12FN3O/c17-13-8-11(5-6-14(13)18)16(21)20-12-7-10-3-1-2-4-15(10)19-9-12/h1-9H,18H2,(H,20,21). The summed E-state index contributed by atoms with van der Waals surface area (Å²) in [5.41, 5.74) is 7.00. The van der Waals surface area contributed by atoms with Gasteiger partial charge < -0.3 is 11.1 Å². The lowest BCUT2D eigenvalue weighted by atomic mass is 10.1. The second kappa shape index (κ2) is 5.20. The molecule has 4 nitrogen and oxygen atoms in total. The first-order valence-electron chi connectivity index (χ1n) is 6.34. The Morgan fingerprint density at radius 2 is 1.95 bits per heavy atom. The second-order valence-corrected chi connectivity index (χ2v) is 4.61. The highest BCUT2D eigenvalue weighted by atomic mass is 19.1. The van der Waals surface area contributed by atoms with Crippen molar-refractivity contribution in [2.45, 2.75) is 0 Å². The number of benzene rings is 2. The first-order valence-corrected chi connectivity index (χ1v) is 6.34. The lowest BCUT2D eigenvalue weighted by molar-refractivity contribution is 0.102. The molecule has 1 aromatic heterocycles. The smallest absolute Gasteiger partial charge is 0.255 e. The zero-order valence-corrected chi connectivity index (χ0v) is 11.0. The number of nitrogens with two attached hydrogens (primary N) is 1. The number of rotatable bonds is 2. The lowest BCUT2D eigenvalue weighted by Crippen LogP contribution is -2.12. The zero-order valence-electron chi connectivity index (χ0n) is 11.0. The Morgan fingerprint density at radius 3 is 2.76 bits per heavy atom. The normalized spacial score (nSPS) is 10.5. The van der Waals surface area contributed by atoms with E-state index in [9.17, 15) is 9.18 Å². The summed E-state index contributed by atoms with van der Waals surface area (Å²) < 4.78 is 13.4. The van der Waals surface area contributed by atoms with Gasteiger partial charge in [0.05, 0.1) is 23.1 Å². The summed E-state index contributed by atoms with van der Waals surface area (Å²) >= 11 is 0. The van der Waals surface area contributed by atoms with Crippen molar-refractivity contribution in [2.75, 3.05) is 11.1 Å². The molecule has 0 saturated carbocycles. The predicted molar refractivity (Wildman–Crippen MR) is 80.5 cm³/mol. The van der Waals surface area contributed by atoms with E-state index >= 15 is 0 Å². The number of hydrogen-bond donors (Lipinski definition) is 2. The molecule has 0 spiro atoms. The van der Waals surface area contributed by atoms with E-state index < -0.39 is 11.7 Å². The van der Waals surface area contributed by atoms with E-state index in [1.54, 1.807) is 6.20 Å². The summed E-state index contributed by atoms with van der Waals surface area (Å²) in [7, 11) is 0. The van der Waals surface area contributed by atoms with Crippen molar-refractivity contribution >= 4 is 28.2 Å². The molecule has 5 heteroatoms. The van der Waals surface area contributed by atoms with E-state index in [0.29, 0.717) is 5.69 Å². The number of carbonyl (C=O) groups is 1. The number of para-hydroxylation sites is 1. The van der Waals surface area contributed by atoms with E-state index in [2.05, 4.69) is 10.3 Å². The number of nitrogens with zero attached hydrogens (tertiary/aromatic N) is 1. The lowest BCUT2D eigenvalue weighted by Gasteiger charge is -2.07. The minimum Gasteiger partial charge on any atom is -0.396 e. The average molecular weight is 281 g/mol. The van der Waals surface area contributed by atoms with Gasteiger partial charge in [-0.2, -0.15) is 0 Å². The van der Waals surface area contributed by atoms with Crippen LogP contribution in [0.1, 0.15) is 10.4 Å². The summed E-state index contributed by atoms with van der Waals surface area (Å²) in [5, 5.41) is 3.60. The van der Waals surface area contributed by atoms with Crippen molar-refractivity contribution in [3.05, 3.63) is 66.1 Å². The Bertz CT molecular complexity index is 833. The number of nitrogens with one attached hydrogen (secondary N) is 1. The fourth-order valence-electron chi connectivity index (χ4n) is 2.01. The largest absolute Gasteiger partial charge is 0.396 e. The average Bonchev–Trinajstić information content (AvgIpc) is 2.50. The molecule has 2 aromatic carbocycles. The van der Waals surface area contributed by atoms with E-state index in [0.717, 1.165) is 17.0 Å². The molecule has 21 heavy (non-hydrogen) atoms. The van der Waals surface area contributed by atoms with Crippen LogP contribution in [0.2, 0.25) is 0 Å². The van der Waals surface area contributed by atoms with Crippen molar-refractivity contribution in [1.29, 1.82) is 0 Å². The quantitative estimate of drug-likeness (QED) is 0.709. The number of amides is 1. The van der Waals surface area contributed by atoms with Gasteiger partial charge in [-0.3, -0.25) is 9.78 Å². The van der Waals surface area contributed by atoms with E-state index in [1.165, 1.54) is 12.1 Å². The van der Waals surface area contributed by atoms with Gasteiger partial charge in [-0.05, 0) is 30.3 Å². The van der Waals surface area contributed by atoms with Crippen molar-refractivity contribution < 1.29 is 9.18 Å². The number of aromatic nitrogens is 1. The molecular weight excluding hydrogens is 269 g/mol. The highest BCUT2D eigenvalue weighted by Crippen LogP contribution is 2.18. The number of carbonyl (C=O) groups excluding carboxylic acids is 1. The molecule has 0 fully saturated rings. The Hall–Kier alpha value is -2.95. The van der Waals surface area contributed by atoms with Gasteiger partial charge in [0.2, 0.25) is 0 Å². The molecular formula is C16H12FN3O. The molecule has 1 heterocycles. The predicted octanol–water partition coefficient (Wildman–Crippen LogP) is 3.21. The third-order valence-corrected chi connectivity index (χ3v) is 3.11. The topological polar surface area (TPSA) is 68.0 Å². The summed E-state index contributed by atoms with van der Waals surface area (Å²) in [6.07, 6.45) is 1.56. The van der Waals surface area contributed by atoms with Gasteiger partial charge in [-0.15, -0.1) is 0 Å². The minimum atomic E-state index is -0.612. The van der Waals surface area contributed by atoms with Crippen LogP contribution in [0.15, 0.2) is 54.7 Å². The van der Waals surface area contributed by atoms with Crippen LogP contribution >= 0.6 is 0 Å². The minimum absolute atomic E-state index is 0.0129. The number of nitrogen functional groups attached to an aromatic ring is 1. The van der Waals surface area contributed by atoms with Gasteiger partial charge >= 0.3 is 0 Å². The molecule has 1 amide bonds. The van der Waals surface area contributed by atoms with Crippen LogP contribution in [0.25, 0.3) is 10.9 Å². The molecule has 3 rings (SSSR count). The summed E-state index contributed by atoms with van der Waals surface area (Å²) in [6.45, 7) is 0. The number of halogens is 1. The molecule has 3 N–H and O–H groups in total. The van der Waals surface area contributed by atoms with Gasteiger partial charge in [0.25, 0.3) is 5.91 Å². The number of anilines is 2. The summed E-state index contributed by atoms with van der Waals surface area (Å²) in [5.74, 6) is -1.02. The van der Waals surface area contributed by atoms with Crippen LogP contribution < -0.4 is 11.1 Å². The third kappa shape index (κ3) is 2.67. The molecule has 0 aliphatic heterocycles. The Kier molecular flexibility index (Phi) is 3.23. The van der Waals surface area contributed by atoms with Crippen molar-refractivity contribution in [3.8, 4) is 0 Å². The fourth-order valence-corrected chi connectivity index (χ4v) is 2.01. The third-order valence-electron chi connectivity index (χ3n) is 3.11. The molecule has 104 valence electrons. The zero-order chi connectivity index (χ0) is 14.8. The molecule has 0 radical (unpaired) electrons. The van der Waals surface area contributed by atoms with Gasteiger partial charge in [0.15, 0.2) is 0 Å². The first-order chi connectivity index (χ1) is 10.1. The molecule has 0 saturated heterocycles. The maximum atomic E-state index is 13.4. The highest BCUT2D eigenvalue weighted by molar-refractivity contribution is 6.05. The van der Waals surface area contributed by atoms with Crippen LogP contribution in [-0.2, 0) is 0 Å². The maximum Gasteiger partial charge on any atom is 0.255 e. The SMILES string of the molecule is Nc1ccc(C(=O)Nc2cnc3ccccc3c2)cc1F. The van der Waals surface area contributed by atoms with E-state index in [-0.39, 0.29) is 11.3 Å². The molecule has 0 aliphatic rings. The molecule has 0 aliphatic carbocycles. The van der Waals surface area contributed by atoms with Crippen molar-refractivity contribution in [2.24, 2.45) is 0 Å². The summed E-state index contributed by atoms with van der Waals surface area (Å²) in [6, 6.07) is 13.3. The molecule has 0 atom stereocenters. The fraction of sp³-hybridized carbons (Fsp3) is 0. The highest BCUT2D eigenvalue weighted by Gasteiger charge is 2.09. The Morgan fingerprint density at radius 1 is 1.14 bits per heavy atom. The second-order valence-electron chi connectivity index (χ2n) is 4.61. The maximum absolute atomic E-state index is 13.4.